The number of rotatable bonds is 2. The highest BCUT2D eigenvalue weighted by Crippen LogP contribution is 2.49. The minimum Gasteiger partial charge on any atom is -0.309 e. The van der Waals surface area contributed by atoms with Gasteiger partial charge >= 0.3 is 0 Å². The van der Waals surface area contributed by atoms with Crippen molar-refractivity contribution in [1.82, 2.24) is 9.13 Å². The van der Waals surface area contributed by atoms with Gasteiger partial charge in [0.1, 0.15) is 0 Å². The van der Waals surface area contributed by atoms with Crippen molar-refractivity contribution in [2.75, 3.05) is 0 Å². The topological polar surface area (TPSA) is 9.86 Å². The molecule has 0 saturated heterocycles. The molecule has 0 fully saturated rings. The molecule has 194 valence electrons. The first kappa shape index (κ1) is 22.7. The zero-order valence-electron chi connectivity index (χ0n) is 23.1. The molecule has 2 heterocycles. The van der Waals surface area contributed by atoms with Gasteiger partial charge in [0.15, 0.2) is 0 Å². The molecule has 9 rings (SSSR count). The molecule has 0 atom stereocenters. The Morgan fingerprint density at radius 1 is 0.390 bits per heavy atom. The Morgan fingerprint density at radius 2 is 0.854 bits per heavy atom. The molecule has 6 aromatic carbocycles. The Bertz CT molecular complexity index is 2290. The molecule has 1 aliphatic carbocycles. The van der Waals surface area contributed by atoms with Gasteiger partial charge in [-0.3, -0.25) is 0 Å². The van der Waals surface area contributed by atoms with Gasteiger partial charge in [0.05, 0.1) is 22.1 Å². The van der Waals surface area contributed by atoms with Gasteiger partial charge in [-0.1, -0.05) is 98.8 Å². The van der Waals surface area contributed by atoms with Crippen LogP contribution in [0.15, 0.2) is 133 Å². The number of fused-ring (bicyclic) bond motifs is 9. The fourth-order valence-electron chi connectivity index (χ4n) is 7.43. The van der Waals surface area contributed by atoms with Gasteiger partial charge in [-0.2, -0.15) is 0 Å². The molecule has 2 nitrogen and oxygen atoms in total. The number of para-hydroxylation sites is 3. The van der Waals surface area contributed by atoms with Gasteiger partial charge < -0.3 is 9.13 Å². The lowest BCUT2D eigenvalue weighted by Crippen LogP contribution is -2.14. The van der Waals surface area contributed by atoms with Crippen LogP contribution in [0.4, 0.5) is 0 Å². The van der Waals surface area contributed by atoms with E-state index >= 15 is 0 Å². The molecule has 2 aromatic heterocycles. The molecule has 0 radical (unpaired) electrons. The molecule has 0 amide bonds. The molecule has 1 aliphatic rings. The highest BCUT2D eigenvalue weighted by Gasteiger charge is 2.35. The maximum Gasteiger partial charge on any atom is 0.0542 e. The van der Waals surface area contributed by atoms with E-state index in [-0.39, 0.29) is 5.41 Å². The van der Waals surface area contributed by atoms with E-state index < -0.39 is 0 Å². The van der Waals surface area contributed by atoms with Crippen molar-refractivity contribution in [3.05, 3.63) is 145 Å². The average Bonchev–Trinajstić information content (AvgIpc) is 3.61. The Balaban J connectivity index is 1.31. The zero-order valence-corrected chi connectivity index (χ0v) is 23.1. The van der Waals surface area contributed by atoms with Crippen molar-refractivity contribution in [3.8, 4) is 22.5 Å². The normalized spacial score (nSPS) is 13.8. The quantitative estimate of drug-likeness (QED) is 0.213. The standard InChI is InChI=1S/C39H28N2/c1-39(2)33-15-7-3-11-27(33)31-23-25(19-21-34(31)39)41-37-18-10-6-14-30(37)32-24-26(20-22-38(32)41)40-35-16-8-4-12-28(35)29-13-5-9-17-36(29)40/h3-24H,1-2H3. The molecule has 41 heavy (non-hydrogen) atoms. The van der Waals surface area contributed by atoms with E-state index in [1.165, 1.54) is 77.2 Å². The van der Waals surface area contributed by atoms with Crippen molar-refractivity contribution >= 4 is 43.6 Å². The van der Waals surface area contributed by atoms with E-state index in [9.17, 15) is 0 Å². The van der Waals surface area contributed by atoms with Crippen molar-refractivity contribution in [3.63, 3.8) is 0 Å². The summed E-state index contributed by atoms with van der Waals surface area (Å²) in [5.74, 6) is 0. The second kappa shape index (κ2) is 7.99. The van der Waals surface area contributed by atoms with E-state index in [1.54, 1.807) is 0 Å². The smallest absolute Gasteiger partial charge is 0.0542 e. The molecule has 8 aromatic rings. The van der Waals surface area contributed by atoms with Gasteiger partial charge in [0, 0.05) is 38.3 Å². The molecule has 0 unspecified atom stereocenters. The van der Waals surface area contributed by atoms with E-state index in [1.807, 2.05) is 0 Å². The van der Waals surface area contributed by atoms with Crippen LogP contribution >= 0.6 is 0 Å². The Hall–Kier alpha value is -5.08. The summed E-state index contributed by atoms with van der Waals surface area (Å²) in [6, 6.07) is 49.1. The number of aromatic nitrogens is 2. The third-order valence-electron chi connectivity index (χ3n) is 9.32. The van der Waals surface area contributed by atoms with Crippen LogP contribution in [0.2, 0.25) is 0 Å². The van der Waals surface area contributed by atoms with Crippen LogP contribution in [0, 0.1) is 0 Å². The molecule has 0 bridgehead atoms. The largest absolute Gasteiger partial charge is 0.309 e. The highest BCUT2D eigenvalue weighted by atomic mass is 15.0. The minimum absolute atomic E-state index is 0.00247. The summed E-state index contributed by atoms with van der Waals surface area (Å²) >= 11 is 0. The lowest BCUT2D eigenvalue weighted by Gasteiger charge is -2.21. The van der Waals surface area contributed by atoms with Gasteiger partial charge in [-0.05, 0) is 70.8 Å². The zero-order chi connectivity index (χ0) is 27.3. The second-order valence-electron chi connectivity index (χ2n) is 11.8. The third-order valence-corrected chi connectivity index (χ3v) is 9.32. The molecule has 0 aliphatic heterocycles. The molecule has 0 saturated carbocycles. The minimum atomic E-state index is 0.00247. The molecule has 2 heteroatoms. The van der Waals surface area contributed by atoms with Crippen molar-refractivity contribution < 1.29 is 0 Å². The van der Waals surface area contributed by atoms with Crippen LogP contribution in [0.3, 0.4) is 0 Å². The average molecular weight is 525 g/mol. The second-order valence-corrected chi connectivity index (χ2v) is 11.8. The fraction of sp³-hybridized carbons (Fsp3) is 0.0769. The number of benzene rings is 6. The summed E-state index contributed by atoms with van der Waals surface area (Å²) in [4.78, 5) is 0. The summed E-state index contributed by atoms with van der Waals surface area (Å²) < 4.78 is 4.85. The predicted molar refractivity (Wildman–Crippen MR) is 173 cm³/mol. The van der Waals surface area contributed by atoms with Crippen molar-refractivity contribution in [2.45, 2.75) is 19.3 Å². The lowest BCUT2D eigenvalue weighted by atomic mass is 9.82. The molecular formula is C39H28N2. The summed E-state index contributed by atoms with van der Waals surface area (Å²) in [6.45, 7) is 4.68. The SMILES string of the molecule is CC1(C)c2ccccc2-c2cc(-n3c4ccccc4c4cc(-n5c6ccccc6c6ccccc65)ccc43)ccc21. The fourth-order valence-corrected chi connectivity index (χ4v) is 7.43. The third kappa shape index (κ3) is 2.97. The molecular weight excluding hydrogens is 496 g/mol. The lowest BCUT2D eigenvalue weighted by molar-refractivity contribution is 0.660. The van der Waals surface area contributed by atoms with Crippen LogP contribution < -0.4 is 0 Å². The van der Waals surface area contributed by atoms with Crippen molar-refractivity contribution in [1.29, 1.82) is 0 Å². The summed E-state index contributed by atoms with van der Waals surface area (Å²) in [6.07, 6.45) is 0. The number of hydrogen-bond acceptors (Lipinski definition) is 0. The molecule has 0 N–H and O–H groups in total. The van der Waals surface area contributed by atoms with E-state index in [0.29, 0.717) is 0 Å². The first-order valence-corrected chi connectivity index (χ1v) is 14.4. The van der Waals surface area contributed by atoms with Gasteiger partial charge in [0.2, 0.25) is 0 Å². The Kier molecular flexibility index (Phi) is 4.42. The first-order chi connectivity index (χ1) is 20.1. The van der Waals surface area contributed by atoms with Crippen LogP contribution in [0.5, 0.6) is 0 Å². The van der Waals surface area contributed by atoms with Gasteiger partial charge in [-0.15, -0.1) is 0 Å². The number of hydrogen-bond donors (Lipinski definition) is 0. The monoisotopic (exact) mass is 524 g/mol. The molecule has 0 spiro atoms. The Labute approximate surface area is 238 Å². The first-order valence-electron chi connectivity index (χ1n) is 14.4. The van der Waals surface area contributed by atoms with Gasteiger partial charge in [-0.25, -0.2) is 0 Å². The predicted octanol–water partition coefficient (Wildman–Crippen LogP) is 10.2. The highest BCUT2D eigenvalue weighted by molar-refractivity contribution is 6.12. The van der Waals surface area contributed by atoms with Crippen LogP contribution in [0.1, 0.15) is 25.0 Å². The van der Waals surface area contributed by atoms with E-state index in [4.69, 9.17) is 0 Å². The van der Waals surface area contributed by atoms with E-state index in [2.05, 4.69) is 156 Å². The maximum atomic E-state index is 2.44. The number of nitrogens with zero attached hydrogens (tertiary/aromatic N) is 2. The van der Waals surface area contributed by atoms with E-state index in [0.717, 1.165) is 0 Å². The van der Waals surface area contributed by atoms with Crippen LogP contribution in [-0.2, 0) is 5.41 Å². The van der Waals surface area contributed by atoms with Crippen molar-refractivity contribution in [2.24, 2.45) is 0 Å². The maximum absolute atomic E-state index is 2.44. The van der Waals surface area contributed by atoms with Crippen LogP contribution in [-0.4, -0.2) is 9.13 Å². The summed E-state index contributed by atoms with van der Waals surface area (Å²) in [7, 11) is 0. The van der Waals surface area contributed by atoms with Gasteiger partial charge in [0.25, 0.3) is 0 Å². The summed E-state index contributed by atoms with van der Waals surface area (Å²) in [5, 5.41) is 5.10. The van der Waals surface area contributed by atoms with Crippen LogP contribution in [0.25, 0.3) is 66.1 Å². The summed E-state index contributed by atoms with van der Waals surface area (Å²) in [5.41, 5.74) is 12.8. The Morgan fingerprint density at radius 3 is 1.51 bits per heavy atom.